The van der Waals surface area contributed by atoms with Crippen LogP contribution in [0.15, 0.2) is 12.2 Å². The summed E-state index contributed by atoms with van der Waals surface area (Å²) in [5.74, 6) is -0.421. The highest BCUT2D eigenvalue weighted by molar-refractivity contribution is 5.78. The third-order valence-electron chi connectivity index (χ3n) is 21.5. The summed E-state index contributed by atoms with van der Waals surface area (Å²) in [5, 5.41) is 139. The van der Waals surface area contributed by atoms with Crippen LogP contribution in [0.25, 0.3) is 0 Å². The molecule has 22 heteroatoms. The predicted octanol–water partition coefficient (Wildman–Crippen LogP) is -1.54. The minimum Gasteiger partial charge on any atom is -0.432 e. The van der Waals surface area contributed by atoms with Crippen molar-refractivity contribution in [3.05, 3.63) is 12.2 Å². The number of carbonyl (C=O) groups excluding carboxylic acids is 1. The van der Waals surface area contributed by atoms with Crippen LogP contribution >= 0.6 is 0 Å². The van der Waals surface area contributed by atoms with E-state index >= 15 is 4.79 Å². The van der Waals surface area contributed by atoms with Crippen molar-refractivity contribution in [3.63, 3.8) is 0 Å². The molecule has 5 aliphatic carbocycles. The van der Waals surface area contributed by atoms with Gasteiger partial charge in [0.1, 0.15) is 85.5 Å². The smallest absolute Gasteiger partial charge is 0.314 e. The fourth-order valence-electron chi connectivity index (χ4n) is 17.0. The van der Waals surface area contributed by atoms with Gasteiger partial charge in [-0.05, 0) is 124 Å². The van der Waals surface area contributed by atoms with Crippen LogP contribution in [0.1, 0.15) is 106 Å². The molecular weight excluding hydrogens is 989 g/mol. The van der Waals surface area contributed by atoms with Gasteiger partial charge < -0.3 is 104 Å². The summed E-state index contributed by atoms with van der Waals surface area (Å²) >= 11 is 0. The molecule has 9 rings (SSSR count). The molecule has 0 spiro atoms. The lowest BCUT2D eigenvalue weighted by Crippen LogP contribution is -2.68. The molecule has 0 unspecified atom stereocenters. The normalized spacial score (nSPS) is 56.0. The van der Waals surface area contributed by atoms with Gasteiger partial charge in [-0.1, -0.05) is 39.8 Å². The Bertz CT molecular complexity index is 2030. The first-order valence-electron chi connectivity index (χ1n) is 27.3. The second-order valence-corrected chi connectivity index (χ2v) is 25.2. The second kappa shape index (κ2) is 21.4. The Hall–Kier alpha value is -1.59. The zero-order valence-electron chi connectivity index (χ0n) is 44.0. The summed E-state index contributed by atoms with van der Waals surface area (Å²) < 4.78 is 47.0. The van der Waals surface area contributed by atoms with Crippen molar-refractivity contribution in [2.24, 2.45) is 56.7 Å². The van der Waals surface area contributed by atoms with Crippen LogP contribution in [0.5, 0.6) is 0 Å². The Morgan fingerprint density at radius 2 is 1.27 bits per heavy atom. The summed E-state index contributed by atoms with van der Waals surface area (Å²) in [6, 6.07) is 0. The Morgan fingerprint density at radius 1 is 0.613 bits per heavy atom. The first kappa shape index (κ1) is 58.1. The van der Waals surface area contributed by atoms with Gasteiger partial charge in [0.2, 0.25) is 6.29 Å². The van der Waals surface area contributed by atoms with E-state index in [-0.39, 0.29) is 59.0 Å². The van der Waals surface area contributed by atoms with Crippen LogP contribution in [0, 0.1) is 56.7 Å². The first-order chi connectivity index (χ1) is 35.2. The molecule has 9 fully saturated rings. The largest absolute Gasteiger partial charge is 0.432 e. The summed E-state index contributed by atoms with van der Waals surface area (Å²) in [6.07, 6.45) is -23.1. The van der Waals surface area contributed by atoms with Gasteiger partial charge in [0.15, 0.2) is 18.9 Å². The van der Waals surface area contributed by atoms with E-state index in [1.165, 1.54) is 6.92 Å². The first-order valence-corrected chi connectivity index (χ1v) is 27.3. The number of hydrogen-bond acceptors (Lipinski definition) is 22. The third-order valence-corrected chi connectivity index (χ3v) is 21.5. The SMILES string of the molecule is C=C(C)[C@@H]1CC[C@]2(C(=O)O[C@@H]3O[C@H](CO[C@@H]4O[C@H](CO)[C@@H](O[C@@H]5O[C@@H](C)[C@H](O)[C@@H](O)[C@H]5O)[C@H](O)[C@H]4O)[C@@H](O)[C@H](O)[C@H]3O)CC[C@]3(C)[C@@H](CC[C@@H]4[C@]5(C)CC[C@@H](O[C@@H]6OC[C@H](O)[C@H](O)[C@H]6O)[C@@](C)(CO)[C@H]5CC[C@]43C)[C@@H]12. The standard InChI is InChI=1S/C53H86O22/c1-22(2)24-10-15-53(48(67)75-47-41(65)37(61)35(59)28(72-47)20-69-44-42(66)38(62)43(27(18-54)71-44)74-46-40(64)36(60)33(57)23(3)70-46)17-16-51(6)25(32(24)53)8-9-30-49(4)13-12-31(73-45-39(63)34(58)26(56)19-68-45)50(5,21-55)29(49)11-14-52(30,51)7/h23-47,54-66H,1,8-21H2,2-7H3/t23-,24-,25-,26-,27+,28+,29-,30+,31+,32+,33-,34-,35+,36+,37-,38+,39+,40+,41+,42+,43+,44+,45-,46-,47-,49+,50-,51+,52+,53-/m0/s1. The maximum atomic E-state index is 15.1. The van der Waals surface area contributed by atoms with Gasteiger partial charge in [0.05, 0.1) is 44.1 Å². The molecule has 4 saturated heterocycles. The average Bonchev–Trinajstić information content (AvgIpc) is 3.88. The van der Waals surface area contributed by atoms with Crippen molar-refractivity contribution in [2.45, 2.75) is 229 Å². The second-order valence-electron chi connectivity index (χ2n) is 25.2. The lowest BCUT2D eigenvalue weighted by molar-refractivity contribution is -0.361. The van der Waals surface area contributed by atoms with E-state index in [9.17, 15) is 66.4 Å². The van der Waals surface area contributed by atoms with Crippen LogP contribution in [-0.2, 0) is 42.7 Å². The number of allylic oxidation sites excluding steroid dienone is 1. The number of carbonyl (C=O) groups is 1. The van der Waals surface area contributed by atoms with Crippen molar-refractivity contribution >= 4 is 5.97 Å². The van der Waals surface area contributed by atoms with Crippen LogP contribution < -0.4 is 0 Å². The third kappa shape index (κ3) is 9.31. The van der Waals surface area contributed by atoms with Crippen molar-refractivity contribution in [2.75, 3.05) is 26.4 Å². The molecule has 0 aromatic heterocycles. The lowest BCUT2D eigenvalue weighted by Gasteiger charge is -2.73. The maximum Gasteiger partial charge on any atom is 0.314 e. The molecule has 13 N–H and O–H groups in total. The highest BCUT2D eigenvalue weighted by Gasteiger charge is 2.73. The Morgan fingerprint density at radius 3 is 1.95 bits per heavy atom. The van der Waals surface area contributed by atoms with E-state index in [4.69, 9.17) is 37.9 Å². The fraction of sp³-hybridized carbons (Fsp3) is 0.943. The molecule has 5 saturated carbocycles. The van der Waals surface area contributed by atoms with Gasteiger partial charge in [0.25, 0.3) is 0 Å². The summed E-state index contributed by atoms with van der Waals surface area (Å²) in [5.41, 5.74) is -1.38. The number of aliphatic hydroxyl groups is 13. The molecule has 0 aromatic rings. The van der Waals surface area contributed by atoms with E-state index in [0.717, 1.165) is 37.7 Å². The number of ether oxygens (including phenoxy) is 8. The van der Waals surface area contributed by atoms with E-state index in [1.54, 1.807) is 0 Å². The molecule has 0 amide bonds. The Balaban J connectivity index is 0.885. The summed E-state index contributed by atoms with van der Waals surface area (Å²) in [7, 11) is 0. The van der Waals surface area contributed by atoms with Crippen molar-refractivity contribution in [3.8, 4) is 0 Å². The van der Waals surface area contributed by atoms with E-state index in [2.05, 4.69) is 34.3 Å². The summed E-state index contributed by atoms with van der Waals surface area (Å²) in [6.45, 7) is 15.3. The monoisotopic (exact) mass is 1070 g/mol. The number of hydrogen-bond donors (Lipinski definition) is 13. The zero-order chi connectivity index (χ0) is 54.6. The molecule has 0 radical (unpaired) electrons. The van der Waals surface area contributed by atoms with Gasteiger partial charge in [0, 0.05) is 5.41 Å². The van der Waals surface area contributed by atoms with E-state index < -0.39 is 153 Å². The Kier molecular flexibility index (Phi) is 16.6. The molecule has 30 atom stereocenters. The van der Waals surface area contributed by atoms with Crippen LogP contribution in [0.2, 0.25) is 0 Å². The van der Waals surface area contributed by atoms with Gasteiger partial charge in [-0.3, -0.25) is 4.79 Å². The molecule has 4 aliphatic heterocycles. The maximum absolute atomic E-state index is 15.1. The topological polar surface area (TPSA) is 354 Å². The van der Waals surface area contributed by atoms with Crippen molar-refractivity contribution in [1.82, 2.24) is 0 Å². The molecule has 0 bridgehead atoms. The van der Waals surface area contributed by atoms with Crippen molar-refractivity contribution < 1.29 is 109 Å². The number of rotatable bonds is 12. The highest BCUT2D eigenvalue weighted by atomic mass is 16.8. The highest BCUT2D eigenvalue weighted by Crippen LogP contribution is 2.78. The Labute approximate surface area is 437 Å². The van der Waals surface area contributed by atoms with Gasteiger partial charge in [-0.25, -0.2) is 0 Å². The molecule has 22 nitrogen and oxygen atoms in total. The number of aliphatic hydroxyl groups excluding tert-OH is 13. The average molecular weight is 1080 g/mol. The van der Waals surface area contributed by atoms with Crippen molar-refractivity contribution in [1.29, 1.82) is 0 Å². The minimum absolute atomic E-state index is 0.0180. The van der Waals surface area contributed by atoms with E-state index in [0.29, 0.717) is 32.1 Å². The molecular formula is C53H86O22. The lowest BCUT2D eigenvalue weighted by atomic mass is 9.32. The quantitative estimate of drug-likeness (QED) is 0.0598. The number of esters is 1. The molecule has 4 heterocycles. The van der Waals surface area contributed by atoms with Crippen LogP contribution in [-0.4, -0.2) is 222 Å². The molecule has 75 heavy (non-hydrogen) atoms. The van der Waals surface area contributed by atoms with Crippen LogP contribution in [0.3, 0.4) is 0 Å². The van der Waals surface area contributed by atoms with Gasteiger partial charge in [-0.15, -0.1) is 0 Å². The van der Waals surface area contributed by atoms with Crippen LogP contribution in [0.4, 0.5) is 0 Å². The summed E-state index contributed by atoms with van der Waals surface area (Å²) in [4.78, 5) is 15.1. The van der Waals surface area contributed by atoms with Gasteiger partial charge in [-0.2, -0.15) is 0 Å². The minimum atomic E-state index is -1.88. The fourth-order valence-corrected chi connectivity index (χ4v) is 17.0. The predicted molar refractivity (Wildman–Crippen MR) is 257 cm³/mol. The number of fused-ring (bicyclic) bond motifs is 7. The van der Waals surface area contributed by atoms with Gasteiger partial charge >= 0.3 is 5.97 Å². The molecule has 0 aromatic carbocycles. The van der Waals surface area contributed by atoms with E-state index in [1.807, 2.05) is 6.92 Å². The zero-order valence-corrected chi connectivity index (χ0v) is 44.0. The molecule has 430 valence electrons. The molecule has 9 aliphatic rings.